The van der Waals surface area contributed by atoms with Gasteiger partial charge in [-0.1, -0.05) is 117 Å². The molecule has 6 rings (SSSR count). The molecule has 0 N–H and O–H groups in total. The number of fused-ring (bicyclic) bond motifs is 2. The Kier molecular flexibility index (Phi) is 6.59. The lowest BCUT2D eigenvalue weighted by atomic mass is 10.0. The Morgan fingerprint density at radius 1 is 0.343 bits per heavy atom. The molecule has 0 heterocycles. The van der Waals surface area contributed by atoms with Gasteiger partial charge in [-0.2, -0.15) is 0 Å². The summed E-state index contributed by atoms with van der Waals surface area (Å²) >= 11 is 0. The van der Waals surface area contributed by atoms with E-state index >= 15 is 0 Å². The number of hydrogen-bond acceptors (Lipinski definition) is 1. The second-order valence-corrected chi connectivity index (χ2v) is 8.31. The monoisotopic (exact) mass is 451 g/mol. The molecule has 0 aliphatic heterocycles. The lowest BCUT2D eigenvalue weighted by Gasteiger charge is -2.26. The van der Waals surface area contributed by atoms with Gasteiger partial charge in [-0.05, 0) is 69.1 Å². The van der Waals surface area contributed by atoms with Gasteiger partial charge in [-0.25, -0.2) is 0 Å². The highest BCUT2D eigenvalue weighted by Crippen LogP contribution is 2.38. The van der Waals surface area contributed by atoms with Crippen molar-refractivity contribution in [1.82, 2.24) is 0 Å². The molecule has 170 valence electrons. The van der Waals surface area contributed by atoms with Gasteiger partial charge in [0, 0.05) is 17.1 Å². The number of rotatable bonds is 4. The van der Waals surface area contributed by atoms with E-state index in [1.807, 2.05) is 13.8 Å². The van der Waals surface area contributed by atoms with Crippen LogP contribution in [0.25, 0.3) is 32.7 Å². The Bertz CT molecular complexity index is 1470. The minimum Gasteiger partial charge on any atom is -0.310 e. The topological polar surface area (TPSA) is 3.24 Å². The van der Waals surface area contributed by atoms with Gasteiger partial charge in [0.25, 0.3) is 0 Å². The maximum atomic E-state index is 2.34. The van der Waals surface area contributed by atoms with Crippen LogP contribution in [0.1, 0.15) is 13.8 Å². The maximum Gasteiger partial charge on any atom is 0.0468 e. The van der Waals surface area contributed by atoms with E-state index in [0.717, 1.165) is 17.1 Å². The van der Waals surface area contributed by atoms with Crippen molar-refractivity contribution in [3.8, 4) is 11.1 Å². The summed E-state index contributed by atoms with van der Waals surface area (Å²) in [5, 5.41) is 4.97. The van der Waals surface area contributed by atoms with E-state index in [0.29, 0.717) is 0 Å². The van der Waals surface area contributed by atoms with Crippen molar-refractivity contribution in [1.29, 1.82) is 0 Å². The summed E-state index contributed by atoms with van der Waals surface area (Å²) in [6.45, 7) is 4.00. The minimum absolute atomic E-state index is 1.14. The summed E-state index contributed by atoms with van der Waals surface area (Å²) in [4.78, 5) is 2.34. The van der Waals surface area contributed by atoms with Crippen molar-refractivity contribution < 1.29 is 0 Å². The first kappa shape index (κ1) is 22.4. The molecular weight excluding hydrogens is 422 g/mol. The average molecular weight is 452 g/mol. The van der Waals surface area contributed by atoms with Crippen LogP contribution in [0.5, 0.6) is 0 Å². The molecule has 0 spiro atoms. The lowest BCUT2D eigenvalue weighted by molar-refractivity contribution is 1.29. The summed E-state index contributed by atoms with van der Waals surface area (Å²) in [5.41, 5.74) is 5.89. The lowest BCUT2D eigenvalue weighted by Crippen LogP contribution is -2.09. The highest BCUT2D eigenvalue weighted by molar-refractivity contribution is 5.92. The summed E-state index contributed by atoms with van der Waals surface area (Å²) in [6, 6.07) is 49.8. The van der Waals surface area contributed by atoms with Crippen LogP contribution in [0.4, 0.5) is 17.1 Å². The van der Waals surface area contributed by atoms with E-state index in [1.54, 1.807) is 0 Å². The molecule has 6 aromatic rings. The van der Waals surface area contributed by atoms with Gasteiger partial charge in [-0.15, -0.1) is 0 Å². The third-order valence-electron chi connectivity index (χ3n) is 6.22. The number of nitrogens with zero attached hydrogens (tertiary/aromatic N) is 1. The highest BCUT2D eigenvalue weighted by Gasteiger charge is 2.14. The molecule has 1 nitrogen and oxygen atoms in total. The maximum absolute atomic E-state index is 2.34. The van der Waals surface area contributed by atoms with E-state index in [2.05, 4.69) is 144 Å². The first-order valence-corrected chi connectivity index (χ1v) is 12.3. The van der Waals surface area contributed by atoms with Crippen molar-refractivity contribution in [3.63, 3.8) is 0 Å². The molecule has 0 aliphatic rings. The van der Waals surface area contributed by atoms with Gasteiger partial charge in [0.05, 0.1) is 0 Å². The first-order valence-electron chi connectivity index (χ1n) is 12.3. The average Bonchev–Trinajstić information content (AvgIpc) is 2.95. The van der Waals surface area contributed by atoms with Crippen LogP contribution in [-0.2, 0) is 0 Å². The molecule has 0 radical (unpaired) electrons. The third kappa shape index (κ3) is 4.67. The molecule has 0 aliphatic carbocycles. The fraction of sp³-hybridized carbons (Fsp3) is 0.0588. The fourth-order valence-electron chi connectivity index (χ4n) is 4.51. The quantitative estimate of drug-likeness (QED) is 0.258. The molecule has 0 amide bonds. The smallest absolute Gasteiger partial charge is 0.0468 e. The summed E-state index contributed by atoms with van der Waals surface area (Å²) in [7, 11) is 0. The number of anilines is 3. The zero-order valence-electron chi connectivity index (χ0n) is 20.2. The predicted octanol–water partition coefficient (Wildman–Crippen LogP) is 10.2. The van der Waals surface area contributed by atoms with Crippen LogP contribution in [0.3, 0.4) is 0 Å². The molecule has 0 fully saturated rings. The highest BCUT2D eigenvalue weighted by atomic mass is 15.1. The Morgan fingerprint density at radius 2 is 0.743 bits per heavy atom. The van der Waals surface area contributed by atoms with E-state index in [4.69, 9.17) is 0 Å². The van der Waals surface area contributed by atoms with Crippen LogP contribution in [0, 0.1) is 0 Å². The van der Waals surface area contributed by atoms with Crippen molar-refractivity contribution in [2.24, 2.45) is 0 Å². The number of hydrogen-bond donors (Lipinski definition) is 0. The Hall–Kier alpha value is -4.36. The van der Waals surface area contributed by atoms with Crippen LogP contribution < -0.4 is 4.90 Å². The minimum atomic E-state index is 1.14. The standard InChI is InChI=1S/C32H23N.C2H6/c1-2-8-24(9-3-1)27-14-18-30(19-15-27)33(31-20-16-25-10-4-6-12-28(25)22-31)32-21-17-26-11-5-7-13-29(26)23-32;1-2/h1-23H;1-2H3. The molecule has 6 aromatic carbocycles. The van der Waals surface area contributed by atoms with Gasteiger partial charge in [-0.3, -0.25) is 0 Å². The SMILES string of the molecule is CC.c1ccc(-c2ccc(N(c3ccc4ccccc4c3)c3ccc4ccccc4c3)cc2)cc1. The molecule has 0 unspecified atom stereocenters. The zero-order valence-corrected chi connectivity index (χ0v) is 20.2. The van der Waals surface area contributed by atoms with E-state index in [1.165, 1.54) is 32.7 Å². The molecule has 0 saturated heterocycles. The molecular formula is C34H29N. The van der Waals surface area contributed by atoms with E-state index < -0.39 is 0 Å². The van der Waals surface area contributed by atoms with Gasteiger partial charge < -0.3 is 4.90 Å². The molecule has 0 aromatic heterocycles. The zero-order chi connectivity index (χ0) is 24.0. The fourth-order valence-corrected chi connectivity index (χ4v) is 4.51. The summed E-state index contributed by atoms with van der Waals surface area (Å²) in [6.07, 6.45) is 0. The van der Waals surface area contributed by atoms with E-state index in [9.17, 15) is 0 Å². The second-order valence-electron chi connectivity index (χ2n) is 8.31. The van der Waals surface area contributed by atoms with Gasteiger partial charge in [0.15, 0.2) is 0 Å². The van der Waals surface area contributed by atoms with Crippen molar-refractivity contribution >= 4 is 38.6 Å². The van der Waals surface area contributed by atoms with Gasteiger partial charge in [0.2, 0.25) is 0 Å². The van der Waals surface area contributed by atoms with Crippen molar-refractivity contribution in [2.75, 3.05) is 4.90 Å². The first-order chi connectivity index (χ1) is 17.3. The molecule has 0 bridgehead atoms. The Morgan fingerprint density at radius 3 is 1.26 bits per heavy atom. The van der Waals surface area contributed by atoms with Gasteiger partial charge in [0.1, 0.15) is 0 Å². The van der Waals surface area contributed by atoms with Crippen LogP contribution in [0.2, 0.25) is 0 Å². The number of benzene rings is 6. The third-order valence-corrected chi connectivity index (χ3v) is 6.22. The Labute approximate surface area is 207 Å². The van der Waals surface area contributed by atoms with Gasteiger partial charge >= 0.3 is 0 Å². The normalized spacial score (nSPS) is 10.6. The molecule has 0 atom stereocenters. The van der Waals surface area contributed by atoms with Crippen LogP contribution in [0.15, 0.2) is 140 Å². The Balaban J connectivity index is 0.00000124. The molecule has 0 saturated carbocycles. The predicted molar refractivity (Wildman–Crippen MR) is 153 cm³/mol. The van der Waals surface area contributed by atoms with Crippen molar-refractivity contribution in [3.05, 3.63) is 140 Å². The molecule has 35 heavy (non-hydrogen) atoms. The van der Waals surface area contributed by atoms with Crippen molar-refractivity contribution in [2.45, 2.75) is 13.8 Å². The summed E-state index contributed by atoms with van der Waals surface area (Å²) in [5.74, 6) is 0. The van der Waals surface area contributed by atoms with Crippen LogP contribution >= 0.6 is 0 Å². The second kappa shape index (κ2) is 10.3. The van der Waals surface area contributed by atoms with Crippen LogP contribution in [-0.4, -0.2) is 0 Å². The van der Waals surface area contributed by atoms with E-state index in [-0.39, 0.29) is 0 Å². The molecule has 1 heteroatoms. The summed E-state index contributed by atoms with van der Waals surface area (Å²) < 4.78 is 0. The largest absolute Gasteiger partial charge is 0.310 e.